The first kappa shape index (κ1) is 9.16. The summed E-state index contributed by atoms with van der Waals surface area (Å²) in [4.78, 5) is 0. The molecule has 56 valence electrons. The summed E-state index contributed by atoms with van der Waals surface area (Å²) in [5.41, 5.74) is 0. The molecule has 0 aliphatic rings. The summed E-state index contributed by atoms with van der Waals surface area (Å²) < 4.78 is 45.1. The van der Waals surface area contributed by atoms with E-state index in [1.807, 2.05) is 15.9 Å². The number of aliphatic hydroxyl groups is 1. The Morgan fingerprint density at radius 2 is 1.67 bits per heavy atom. The van der Waals surface area contributed by atoms with Gasteiger partial charge in [-0.3, -0.25) is 0 Å². The van der Waals surface area contributed by atoms with E-state index < -0.39 is 17.4 Å². The highest BCUT2D eigenvalue weighted by atomic mass is 79.9. The van der Waals surface area contributed by atoms with Gasteiger partial charge in [-0.1, -0.05) is 0 Å². The lowest BCUT2D eigenvalue weighted by Crippen LogP contribution is -2.34. The van der Waals surface area contributed by atoms with E-state index in [2.05, 4.69) is 0 Å². The molecule has 2 unspecified atom stereocenters. The Balaban J connectivity index is 3.88. The van der Waals surface area contributed by atoms with E-state index in [9.17, 15) is 17.6 Å². The van der Waals surface area contributed by atoms with Gasteiger partial charge in [-0.2, -0.15) is 13.2 Å². The SMILES string of the molecule is OC(C(F)Br)C(F)(F)F. The van der Waals surface area contributed by atoms with Crippen molar-refractivity contribution in [2.75, 3.05) is 0 Å². The lowest BCUT2D eigenvalue weighted by atomic mass is 10.4. The van der Waals surface area contributed by atoms with Gasteiger partial charge in [0.15, 0.2) is 11.2 Å². The molecule has 0 radical (unpaired) electrons. The maximum Gasteiger partial charge on any atom is 0.418 e. The Morgan fingerprint density at radius 1 is 1.33 bits per heavy atom. The second-order valence-electron chi connectivity index (χ2n) is 1.32. The number of aliphatic hydroxyl groups excluding tert-OH is 1. The average Bonchev–Trinajstić information content (AvgIpc) is 1.62. The van der Waals surface area contributed by atoms with Crippen molar-refractivity contribution in [3.63, 3.8) is 0 Å². The van der Waals surface area contributed by atoms with Gasteiger partial charge in [0, 0.05) is 0 Å². The molecular weight excluding hydrogens is 208 g/mol. The highest BCUT2D eigenvalue weighted by Crippen LogP contribution is 2.25. The summed E-state index contributed by atoms with van der Waals surface area (Å²) in [6.45, 7) is 0. The summed E-state index contributed by atoms with van der Waals surface area (Å²) in [7, 11) is 0. The van der Waals surface area contributed by atoms with Gasteiger partial charge in [0.25, 0.3) is 0 Å². The van der Waals surface area contributed by atoms with E-state index >= 15 is 0 Å². The number of alkyl halides is 5. The van der Waals surface area contributed by atoms with Gasteiger partial charge in [-0.15, -0.1) is 0 Å². The van der Waals surface area contributed by atoms with Gasteiger partial charge in [-0.05, 0) is 15.9 Å². The van der Waals surface area contributed by atoms with E-state index in [-0.39, 0.29) is 0 Å². The van der Waals surface area contributed by atoms with Crippen LogP contribution in [0.15, 0.2) is 0 Å². The maximum absolute atomic E-state index is 11.5. The average molecular weight is 211 g/mol. The monoisotopic (exact) mass is 210 g/mol. The zero-order valence-corrected chi connectivity index (χ0v) is 5.58. The minimum atomic E-state index is -4.89. The second-order valence-corrected chi connectivity index (χ2v) is 2.20. The molecule has 1 nitrogen and oxygen atoms in total. The quantitative estimate of drug-likeness (QED) is 0.515. The van der Waals surface area contributed by atoms with Crippen LogP contribution in [-0.4, -0.2) is 22.5 Å². The highest BCUT2D eigenvalue weighted by Gasteiger charge is 2.42. The third-order valence-corrected chi connectivity index (χ3v) is 1.07. The first-order valence-corrected chi connectivity index (χ1v) is 2.80. The second kappa shape index (κ2) is 2.83. The molecule has 0 aromatic carbocycles. The predicted octanol–water partition coefficient (Wildman–Crippen LogP) is 1.60. The van der Waals surface area contributed by atoms with Crippen molar-refractivity contribution >= 4 is 15.9 Å². The number of hydrogen-bond donors (Lipinski definition) is 1. The van der Waals surface area contributed by atoms with Gasteiger partial charge >= 0.3 is 6.18 Å². The van der Waals surface area contributed by atoms with Crippen molar-refractivity contribution in [2.45, 2.75) is 17.4 Å². The Labute approximate surface area is 56.8 Å². The molecule has 1 N–H and O–H groups in total. The van der Waals surface area contributed by atoms with E-state index in [0.717, 1.165) is 0 Å². The van der Waals surface area contributed by atoms with Crippen LogP contribution in [0.1, 0.15) is 0 Å². The van der Waals surface area contributed by atoms with Crippen LogP contribution in [0.2, 0.25) is 0 Å². The predicted molar refractivity (Wildman–Crippen MR) is 25.9 cm³/mol. The molecule has 0 amide bonds. The number of rotatable bonds is 1. The molecule has 0 heterocycles. The first-order valence-electron chi connectivity index (χ1n) is 1.88. The van der Waals surface area contributed by atoms with Gasteiger partial charge < -0.3 is 5.11 Å². The van der Waals surface area contributed by atoms with Crippen LogP contribution in [0.3, 0.4) is 0 Å². The maximum atomic E-state index is 11.5. The summed E-state index contributed by atoms with van der Waals surface area (Å²) in [6.07, 6.45) is -7.82. The van der Waals surface area contributed by atoms with Crippen molar-refractivity contribution in [1.29, 1.82) is 0 Å². The molecule has 0 aliphatic heterocycles. The molecule has 0 aliphatic carbocycles. The lowest BCUT2D eigenvalue weighted by molar-refractivity contribution is -0.210. The van der Waals surface area contributed by atoms with E-state index in [1.165, 1.54) is 0 Å². The smallest absolute Gasteiger partial charge is 0.380 e. The topological polar surface area (TPSA) is 20.2 Å². The zero-order valence-electron chi connectivity index (χ0n) is 3.99. The van der Waals surface area contributed by atoms with Gasteiger partial charge in [0.1, 0.15) is 0 Å². The molecule has 6 heteroatoms. The molecule has 0 bridgehead atoms. The third-order valence-electron chi connectivity index (χ3n) is 0.574. The molecular formula is C3H3BrF4O. The van der Waals surface area contributed by atoms with E-state index in [4.69, 9.17) is 5.11 Å². The fourth-order valence-electron chi connectivity index (χ4n) is 0.143. The molecule has 2 atom stereocenters. The minimum absolute atomic E-state index is 1.94. The number of hydrogen-bond acceptors (Lipinski definition) is 1. The highest BCUT2D eigenvalue weighted by molar-refractivity contribution is 9.09. The molecule has 0 spiro atoms. The van der Waals surface area contributed by atoms with Gasteiger partial charge in [-0.25, -0.2) is 4.39 Å². The van der Waals surface area contributed by atoms with Crippen LogP contribution < -0.4 is 0 Å². The van der Waals surface area contributed by atoms with Crippen LogP contribution >= 0.6 is 15.9 Å². The molecule has 0 fully saturated rings. The summed E-state index contributed by atoms with van der Waals surface area (Å²) >= 11 is 1.94. The molecule has 0 saturated carbocycles. The summed E-state index contributed by atoms with van der Waals surface area (Å²) in [6, 6.07) is 0. The van der Waals surface area contributed by atoms with Crippen LogP contribution in [0.25, 0.3) is 0 Å². The van der Waals surface area contributed by atoms with Crippen molar-refractivity contribution < 1.29 is 22.7 Å². The van der Waals surface area contributed by atoms with Crippen molar-refractivity contribution in [3.05, 3.63) is 0 Å². The van der Waals surface area contributed by atoms with E-state index in [0.29, 0.717) is 0 Å². The fourth-order valence-corrected chi connectivity index (χ4v) is 0.443. The number of halogens is 5. The van der Waals surface area contributed by atoms with Crippen LogP contribution in [-0.2, 0) is 0 Å². The Kier molecular flexibility index (Phi) is 2.88. The van der Waals surface area contributed by atoms with Crippen molar-refractivity contribution in [3.8, 4) is 0 Å². The Morgan fingerprint density at radius 3 is 1.67 bits per heavy atom. The largest absolute Gasteiger partial charge is 0.418 e. The molecule has 0 saturated heterocycles. The van der Waals surface area contributed by atoms with Crippen LogP contribution in [0, 0.1) is 0 Å². The Hall–Kier alpha value is 0.160. The zero-order chi connectivity index (χ0) is 7.65. The summed E-state index contributed by atoms with van der Waals surface area (Å²) in [5, 5.41) is 5.47. The van der Waals surface area contributed by atoms with Crippen LogP contribution in [0.4, 0.5) is 17.6 Å². The lowest BCUT2D eigenvalue weighted by Gasteiger charge is -2.13. The first-order chi connectivity index (χ1) is 3.85. The molecule has 0 aromatic heterocycles. The minimum Gasteiger partial charge on any atom is -0.380 e. The van der Waals surface area contributed by atoms with Crippen molar-refractivity contribution in [2.24, 2.45) is 0 Å². The molecule has 9 heavy (non-hydrogen) atoms. The fraction of sp³-hybridized carbons (Fsp3) is 1.00. The van der Waals surface area contributed by atoms with Gasteiger partial charge in [0.05, 0.1) is 0 Å². The Bertz CT molecular complexity index is 90.3. The van der Waals surface area contributed by atoms with Crippen molar-refractivity contribution in [1.82, 2.24) is 0 Å². The van der Waals surface area contributed by atoms with Crippen LogP contribution in [0.5, 0.6) is 0 Å². The van der Waals surface area contributed by atoms with E-state index in [1.54, 1.807) is 0 Å². The molecule has 0 rings (SSSR count). The normalized spacial score (nSPS) is 19.3. The third kappa shape index (κ3) is 3.00. The van der Waals surface area contributed by atoms with Gasteiger partial charge in [0.2, 0.25) is 0 Å². The molecule has 0 aromatic rings. The standard InChI is InChI=1S/C3H3BrF4O/c4-2(5)1(9)3(6,7)8/h1-2,9H. The summed E-state index contributed by atoms with van der Waals surface area (Å²) in [5.74, 6) is 0.